The van der Waals surface area contributed by atoms with E-state index in [-0.39, 0.29) is 11.5 Å². The molecule has 0 saturated carbocycles. The summed E-state index contributed by atoms with van der Waals surface area (Å²) in [7, 11) is 1.64. The van der Waals surface area contributed by atoms with Crippen LogP contribution in [0.1, 0.15) is 26.3 Å². The smallest absolute Gasteiger partial charge is 0.133 e. The molecule has 90 valence electrons. The Morgan fingerprint density at radius 2 is 2.00 bits per heavy atom. The van der Waals surface area contributed by atoms with Crippen LogP contribution in [-0.2, 0) is 6.42 Å². The summed E-state index contributed by atoms with van der Waals surface area (Å²) in [6, 6.07) is 5.89. The maximum absolute atomic E-state index is 10.0. The normalized spacial score (nSPS) is 13.6. The zero-order valence-corrected chi connectivity index (χ0v) is 11.8. The lowest BCUT2D eigenvalue weighted by atomic mass is 9.85. The van der Waals surface area contributed by atoms with Crippen LogP contribution in [0.2, 0.25) is 0 Å². The Morgan fingerprint density at radius 3 is 2.44 bits per heavy atom. The van der Waals surface area contributed by atoms with Crippen molar-refractivity contribution in [3.8, 4) is 5.75 Å². The molecule has 2 nitrogen and oxygen atoms in total. The lowest BCUT2D eigenvalue weighted by Gasteiger charge is -2.26. The van der Waals surface area contributed by atoms with E-state index in [4.69, 9.17) is 4.74 Å². The van der Waals surface area contributed by atoms with Gasteiger partial charge in [-0.1, -0.05) is 26.8 Å². The molecule has 0 heterocycles. The van der Waals surface area contributed by atoms with Crippen molar-refractivity contribution < 1.29 is 9.84 Å². The molecule has 0 saturated heterocycles. The molecule has 16 heavy (non-hydrogen) atoms. The van der Waals surface area contributed by atoms with E-state index >= 15 is 0 Å². The van der Waals surface area contributed by atoms with Gasteiger partial charge in [0.05, 0.1) is 17.7 Å². The Balaban J connectivity index is 2.79. The van der Waals surface area contributed by atoms with Crippen LogP contribution in [0.5, 0.6) is 5.75 Å². The molecule has 0 aliphatic heterocycles. The van der Waals surface area contributed by atoms with Crippen molar-refractivity contribution in [2.45, 2.75) is 33.3 Å². The van der Waals surface area contributed by atoms with Crippen molar-refractivity contribution in [3.63, 3.8) is 0 Å². The van der Waals surface area contributed by atoms with Crippen molar-refractivity contribution >= 4 is 15.9 Å². The van der Waals surface area contributed by atoms with E-state index in [1.54, 1.807) is 7.11 Å². The monoisotopic (exact) mass is 286 g/mol. The largest absolute Gasteiger partial charge is 0.496 e. The first-order chi connectivity index (χ1) is 7.34. The van der Waals surface area contributed by atoms with Crippen molar-refractivity contribution in [1.82, 2.24) is 0 Å². The van der Waals surface area contributed by atoms with Crippen LogP contribution in [0.4, 0.5) is 0 Å². The van der Waals surface area contributed by atoms with Gasteiger partial charge in [0, 0.05) is 0 Å². The van der Waals surface area contributed by atoms with Gasteiger partial charge in [0.25, 0.3) is 0 Å². The zero-order chi connectivity index (χ0) is 12.3. The lowest BCUT2D eigenvalue weighted by Crippen LogP contribution is -2.28. The van der Waals surface area contributed by atoms with Crippen molar-refractivity contribution in [2.75, 3.05) is 7.11 Å². The Morgan fingerprint density at radius 1 is 1.38 bits per heavy atom. The standard InChI is InChI=1S/C13H19BrO2/c1-13(2,3)12(15)8-9-5-6-11(16-4)10(14)7-9/h5-7,12,15H,8H2,1-4H3. The molecule has 0 radical (unpaired) electrons. The van der Waals surface area contributed by atoms with E-state index in [0.717, 1.165) is 15.8 Å². The minimum Gasteiger partial charge on any atom is -0.496 e. The fraction of sp³-hybridized carbons (Fsp3) is 0.538. The van der Waals surface area contributed by atoms with Gasteiger partial charge in [-0.05, 0) is 45.5 Å². The van der Waals surface area contributed by atoms with Crippen LogP contribution >= 0.6 is 15.9 Å². The molecule has 1 unspecified atom stereocenters. The van der Waals surface area contributed by atoms with Crippen LogP contribution in [0, 0.1) is 5.41 Å². The number of hydrogen-bond donors (Lipinski definition) is 1. The summed E-state index contributed by atoms with van der Waals surface area (Å²) in [5.41, 5.74) is 1.02. The number of benzene rings is 1. The van der Waals surface area contributed by atoms with Crippen LogP contribution in [0.25, 0.3) is 0 Å². The molecule has 0 aliphatic rings. The molecule has 3 heteroatoms. The van der Waals surface area contributed by atoms with Gasteiger partial charge in [-0.15, -0.1) is 0 Å². The predicted molar refractivity (Wildman–Crippen MR) is 69.9 cm³/mol. The summed E-state index contributed by atoms with van der Waals surface area (Å²) in [4.78, 5) is 0. The SMILES string of the molecule is COc1ccc(CC(O)C(C)(C)C)cc1Br. The molecule has 0 fully saturated rings. The number of hydrogen-bond acceptors (Lipinski definition) is 2. The van der Waals surface area contributed by atoms with Gasteiger partial charge >= 0.3 is 0 Å². The average Bonchev–Trinajstić information content (AvgIpc) is 2.16. The van der Waals surface area contributed by atoms with Gasteiger partial charge in [-0.3, -0.25) is 0 Å². The molecule has 0 aromatic heterocycles. The fourth-order valence-electron chi connectivity index (χ4n) is 1.37. The minimum atomic E-state index is -0.340. The Bertz CT molecular complexity index is 355. The predicted octanol–water partition coefficient (Wildman–Crippen LogP) is 3.41. The van der Waals surface area contributed by atoms with Gasteiger partial charge < -0.3 is 9.84 Å². The van der Waals surface area contributed by atoms with Crippen molar-refractivity contribution in [3.05, 3.63) is 28.2 Å². The summed E-state index contributed by atoms with van der Waals surface area (Å²) in [5.74, 6) is 0.814. The highest BCUT2D eigenvalue weighted by Crippen LogP contribution is 2.28. The van der Waals surface area contributed by atoms with Gasteiger partial charge in [-0.25, -0.2) is 0 Å². The van der Waals surface area contributed by atoms with Crippen LogP contribution in [-0.4, -0.2) is 18.3 Å². The van der Waals surface area contributed by atoms with Crippen LogP contribution in [0.15, 0.2) is 22.7 Å². The first kappa shape index (κ1) is 13.5. The molecule has 1 rings (SSSR count). The molecule has 0 spiro atoms. The Hall–Kier alpha value is -0.540. The third kappa shape index (κ3) is 3.49. The first-order valence-corrected chi connectivity index (χ1v) is 6.14. The second-order valence-corrected chi connectivity index (χ2v) is 5.91. The summed E-state index contributed by atoms with van der Waals surface area (Å²) in [6.07, 6.45) is 0.319. The van der Waals surface area contributed by atoms with E-state index < -0.39 is 0 Å². The van der Waals surface area contributed by atoms with E-state index in [1.165, 1.54) is 0 Å². The van der Waals surface area contributed by atoms with Crippen LogP contribution in [0.3, 0.4) is 0 Å². The Kier molecular flexibility index (Phi) is 4.39. The number of ether oxygens (including phenoxy) is 1. The summed E-state index contributed by atoms with van der Waals surface area (Å²) < 4.78 is 6.09. The van der Waals surface area contributed by atoms with Gasteiger partial charge in [-0.2, -0.15) is 0 Å². The van der Waals surface area contributed by atoms with Gasteiger partial charge in [0.2, 0.25) is 0 Å². The second kappa shape index (κ2) is 5.19. The van der Waals surface area contributed by atoms with Crippen LogP contribution < -0.4 is 4.74 Å². The number of aliphatic hydroxyl groups is 1. The van der Waals surface area contributed by atoms with Gasteiger partial charge in [0.15, 0.2) is 0 Å². The molecular formula is C13H19BrO2. The molecule has 0 amide bonds. The summed E-state index contributed by atoms with van der Waals surface area (Å²) >= 11 is 3.44. The maximum Gasteiger partial charge on any atom is 0.133 e. The average molecular weight is 287 g/mol. The van der Waals surface area contributed by atoms with E-state index in [0.29, 0.717) is 6.42 Å². The molecule has 1 atom stereocenters. The highest BCUT2D eigenvalue weighted by molar-refractivity contribution is 9.10. The topological polar surface area (TPSA) is 29.5 Å². The molecule has 0 aliphatic carbocycles. The summed E-state index contributed by atoms with van der Waals surface area (Å²) in [6.45, 7) is 6.11. The maximum atomic E-state index is 10.0. The minimum absolute atomic E-state index is 0.0909. The molecular weight excluding hydrogens is 268 g/mol. The van der Waals surface area contributed by atoms with Crippen molar-refractivity contribution in [1.29, 1.82) is 0 Å². The van der Waals surface area contributed by atoms with Crippen molar-refractivity contribution in [2.24, 2.45) is 5.41 Å². The van der Waals surface area contributed by atoms with E-state index in [9.17, 15) is 5.11 Å². The van der Waals surface area contributed by atoms with Gasteiger partial charge in [0.1, 0.15) is 5.75 Å². The third-order valence-electron chi connectivity index (χ3n) is 2.64. The summed E-state index contributed by atoms with van der Waals surface area (Å²) in [5, 5.41) is 10.0. The number of halogens is 1. The van der Waals surface area contributed by atoms with E-state index in [2.05, 4.69) is 15.9 Å². The number of rotatable bonds is 3. The fourth-order valence-corrected chi connectivity index (χ4v) is 1.95. The molecule has 1 N–H and O–H groups in total. The van der Waals surface area contributed by atoms with E-state index in [1.807, 2.05) is 39.0 Å². The first-order valence-electron chi connectivity index (χ1n) is 5.35. The highest BCUT2D eigenvalue weighted by Gasteiger charge is 2.22. The molecule has 0 bridgehead atoms. The second-order valence-electron chi connectivity index (χ2n) is 5.05. The highest BCUT2D eigenvalue weighted by atomic mass is 79.9. The number of aliphatic hydroxyl groups excluding tert-OH is 1. The third-order valence-corrected chi connectivity index (χ3v) is 3.26. The zero-order valence-electron chi connectivity index (χ0n) is 10.2. The molecule has 1 aromatic rings. The molecule has 1 aromatic carbocycles. The quantitative estimate of drug-likeness (QED) is 0.923. The number of methoxy groups -OCH3 is 1. The Labute approximate surface area is 106 Å². The lowest BCUT2D eigenvalue weighted by molar-refractivity contribution is 0.0636.